The van der Waals surface area contributed by atoms with Gasteiger partial charge in [-0.2, -0.15) is 8.78 Å². The van der Waals surface area contributed by atoms with Gasteiger partial charge in [0.2, 0.25) is 0 Å². The van der Waals surface area contributed by atoms with E-state index in [1.165, 1.54) is 0 Å². The summed E-state index contributed by atoms with van der Waals surface area (Å²) < 4.78 is 42.9. The third-order valence-corrected chi connectivity index (χ3v) is 3.38. The summed E-state index contributed by atoms with van der Waals surface area (Å²) in [5.41, 5.74) is -0.386. The molecule has 0 aliphatic rings. The average Bonchev–Trinajstić information content (AvgIpc) is 2.16. The molecule has 0 unspecified atom stereocenters. The van der Waals surface area contributed by atoms with Crippen molar-refractivity contribution in [2.45, 2.75) is 10.7 Å². The summed E-state index contributed by atoms with van der Waals surface area (Å²) in [7, 11) is -4.34. The lowest BCUT2D eigenvalue weighted by Gasteiger charge is -2.07. The van der Waals surface area contributed by atoms with E-state index >= 15 is 0 Å². The molecule has 0 aliphatic heterocycles. The molecular weight excluding hydrogens is 264 g/mol. The molecular formula is C8H6ClF2NO3S. The number of aromatic carboxylic acids is 1. The van der Waals surface area contributed by atoms with Crippen LogP contribution >= 0.6 is 11.6 Å². The van der Waals surface area contributed by atoms with E-state index in [-0.39, 0.29) is 10.6 Å². The van der Waals surface area contributed by atoms with Crippen LogP contribution in [0.1, 0.15) is 10.4 Å². The number of benzene rings is 1. The summed E-state index contributed by atoms with van der Waals surface area (Å²) in [4.78, 5) is 10.0. The second kappa shape index (κ2) is 4.34. The Labute approximate surface area is 94.8 Å². The molecule has 0 amide bonds. The largest absolute Gasteiger partial charge is 0.478 e. The van der Waals surface area contributed by atoms with E-state index in [0.29, 0.717) is 0 Å². The van der Waals surface area contributed by atoms with Crippen molar-refractivity contribution in [3.05, 3.63) is 28.8 Å². The number of nitrogens with one attached hydrogen (secondary N) is 1. The Morgan fingerprint density at radius 1 is 1.44 bits per heavy atom. The first-order chi connectivity index (χ1) is 7.25. The van der Waals surface area contributed by atoms with Gasteiger partial charge in [-0.05, 0) is 18.2 Å². The topological polar surface area (TPSA) is 78.2 Å². The minimum absolute atomic E-state index is 0.157. The summed E-state index contributed by atoms with van der Waals surface area (Å²) in [5, 5.41) is 8.48. The Morgan fingerprint density at radius 3 is 2.44 bits per heavy atom. The van der Waals surface area contributed by atoms with Crippen molar-refractivity contribution in [2.75, 3.05) is 0 Å². The zero-order chi connectivity index (χ0) is 12.5. The number of hydrogen-bond donors (Lipinski definition) is 2. The molecule has 0 saturated heterocycles. The van der Waals surface area contributed by atoms with Crippen LogP contribution in [0, 0.1) is 4.78 Å². The van der Waals surface area contributed by atoms with E-state index < -0.39 is 26.4 Å². The summed E-state index contributed by atoms with van der Waals surface area (Å²) in [6.45, 7) is 0. The van der Waals surface area contributed by atoms with Gasteiger partial charge in [-0.25, -0.2) is 13.8 Å². The molecule has 0 bridgehead atoms. The van der Waals surface area contributed by atoms with Crippen molar-refractivity contribution in [2.24, 2.45) is 0 Å². The second-order valence-electron chi connectivity index (χ2n) is 2.84. The Balaban J connectivity index is 3.42. The molecule has 4 nitrogen and oxygen atoms in total. The maximum atomic E-state index is 12.3. The Morgan fingerprint density at radius 2 is 2.00 bits per heavy atom. The number of carboxylic acid groups (broad SMARTS) is 1. The minimum Gasteiger partial charge on any atom is -0.478 e. The Bertz CT molecular complexity index is 530. The van der Waals surface area contributed by atoms with Crippen LogP contribution < -0.4 is 0 Å². The van der Waals surface area contributed by atoms with E-state index in [1.807, 2.05) is 0 Å². The zero-order valence-corrected chi connectivity index (χ0v) is 9.19. The highest BCUT2D eigenvalue weighted by atomic mass is 35.5. The molecule has 88 valence electrons. The molecule has 2 N–H and O–H groups in total. The third-order valence-electron chi connectivity index (χ3n) is 1.72. The van der Waals surface area contributed by atoms with E-state index in [4.69, 9.17) is 21.5 Å². The van der Waals surface area contributed by atoms with Crippen LogP contribution in [0.15, 0.2) is 23.1 Å². The Kier molecular flexibility index (Phi) is 3.49. The van der Waals surface area contributed by atoms with E-state index in [9.17, 15) is 17.8 Å². The van der Waals surface area contributed by atoms with Gasteiger partial charge in [0.05, 0.1) is 10.5 Å². The predicted octanol–water partition coefficient (Wildman–Crippen LogP) is 2.67. The summed E-state index contributed by atoms with van der Waals surface area (Å²) >= 11 is 5.49. The Hall–Kier alpha value is -1.21. The highest BCUT2D eigenvalue weighted by Crippen LogP contribution is 2.24. The maximum Gasteiger partial charge on any atom is 0.335 e. The first-order valence-electron chi connectivity index (χ1n) is 3.85. The molecule has 0 aromatic heterocycles. The van der Waals surface area contributed by atoms with Crippen molar-refractivity contribution < 1.29 is 22.9 Å². The normalized spacial score (nSPS) is 14.8. The summed E-state index contributed by atoms with van der Waals surface area (Å²) in [5.74, 6) is -4.79. The average molecular weight is 270 g/mol. The molecule has 1 rings (SSSR count). The second-order valence-corrected chi connectivity index (χ2v) is 5.31. The van der Waals surface area contributed by atoms with Crippen LogP contribution in [0.4, 0.5) is 8.78 Å². The number of rotatable bonds is 3. The quantitative estimate of drug-likeness (QED) is 0.885. The van der Waals surface area contributed by atoms with Crippen LogP contribution in [0.5, 0.6) is 0 Å². The van der Waals surface area contributed by atoms with Gasteiger partial charge in [0.1, 0.15) is 9.73 Å². The molecule has 0 spiro atoms. The molecule has 1 aromatic rings. The monoisotopic (exact) mass is 269 g/mol. The van der Waals surface area contributed by atoms with Crippen LogP contribution in [0.2, 0.25) is 5.02 Å². The first-order valence-corrected chi connectivity index (χ1v) is 5.85. The lowest BCUT2D eigenvalue weighted by atomic mass is 10.2. The van der Waals surface area contributed by atoms with Gasteiger partial charge in [0.15, 0.2) is 0 Å². The van der Waals surface area contributed by atoms with Crippen LogP contribution in [0.3, 0.4) is 0 Å². The number of carboxylic acids is 1. The fraction of sp³-hybridized carbons (Fsp3) is 0.125. The lowest BCUT2D eigenvalue weighted by Crippen LogP contribution is -2.10. The van der Waals surface area contributed by atoms with E-state index in [2.05, 4.69) is 0 Å². The summed E-state index contributed by atoms with van der Waals surface area (Å²) in [6.07, 6.45) is 0. The van der Waals surface area contributed by atoms with Gasteiger partial charge in [0, 0.05) is 5.02 Å². The van der Waals surface area contributed by atoms with Crippen LogP contribution in [-0.4, -0.2) is 21.0 Å². The van der Waals surface area contributed by atoms with Crippen molar-refractivity contribution >= 4 is 27.3 Å². The lowest BCUT2D eigenvalue weighted by molar-refractivity contribution is 0.0696. The van der Waals surface area contributed by atoms with Crippen molar-refractivity contribution in [3.8, 4) is 0 Å². The highest BCUT2D eigenvalue weighted by Gasteiger charge is 2.23. The van der Waals surface area contributed by atoms with Crippen molar-refractivity contribution in [1.82, 2.24) is 0 Å². The summed E-state index contributed by atoms with van der Waals surface area (Å²) in [6, 6.07) is 2.68. The smallest absolute Gasteiger partial charge is 0.335 e. The fourth-order valence-electron chi connectivity index (χ4n) is 0.964. The van der Waals surface area contributed by atoms with Crippen LogP contribution in [0.25, 0.3) is 0 Å². The van der Waals surface area contributed by atoms with Gasteiger partial charge in [-0.1, -0.05) is 11.6 Å². The number of carbonyl (C=O) groups is 1. The number of alkyl halides is 2. The predicted molar refractivity (Wildman–Crippen MR) is 53.5 cm³/mol. The third kappa shape index (κ3) is 2.48. The van der Waals surface area contributed by atoms with Crippen LogP contribution in [-0.2, 0) is 9.73 Å². The molecule has 0 aliphatic carbocycles. The van der Waals surface area contributed by atoms with Crippen molar-refractivity contribution in [3.63, 3.8) is 0 Å². The molecule has 0 fully saturated rings. The minimum atomic E-state index is -4.34. The fourth-order valence-corrected chi connectivity index (χ4v) is 2.07. The molecule has 16 heavy (non-hydrogen) atoms. The number of hydrogen-bond acceptors (Lipinski definition) is 3. The highest BCUT2D eigenvalue weighted by molar-refractivity contribution is 7.92. The SMILES string of the molecule is N=[S@](=O)(c1cc(Cl)cc(C(=O)O)c1)C(F)F. The molecule has 1 atom stereocenters. The molecule has 0 saturated carbocycles. The first kappa shape index (κ1) is 12.9. The molecule has 8 heteroatoms. The van der Waals surface area contributed by atoms with Gasteiger partial charge < -0.3 is 5.11 Å². The van der Waals surface area contributed by atoms with Gasteiger partial charge in [-0.15, -0.1) is 0 Å². The molecule has 0 radical (unpaired) electrons. The van der Waals surface area contributed by atoms with Gasteiger partial charge in [-0.3, -0.25) is 0 Å². The maximum absolute atomic E-state index is 12.3. The van der Waals surface area contributed by atoms with Crippen molar-refractivity contribution in [1.29, 1.82) is 4.78 Å². The number of halogens is 3. The molecule has 0 heterocycles. The van der Waals surface area contributed by atoms with Gasteiger partial charge in [0.25, 0.3) is 0 Å². The van der Waals surface area contributed by atoms with Gasteiger partial charge >= 0.3 is 11.7 Å². The molecule has 1 aromatic carbocycles. The van der Waals surface area contributed by atoms with E-state index in [1.54, 1.807) is 0 Å². The standard InChI is InChI=1S/C8H6ClF2NO3S/c9-5-1-4(7(13)14)2-6(3-5)16(12,15)8(10)11/h1-3,8,12H,(H,13,14)/t16-/m0/s1. The zero-order valence-electron chi connectivity index (χ0n) is 7.62. The van der Waals surface area contributed by atoms with E-state index in [0.717, 1.165) is 18.2 Å².